The van der Waals surface area contributed by atoms with Crippen molar-refractivity contribution in [3.63, 3.8) is 0 Å². The molecule has 1 fully saturated rings. The Kier molecular flexibility index (Phi) is 4.99. The number of aliphatic hydroxyl groups is 1. The number of aliphatic hydroxyl groups excluding tert-OH is 1. The second-order valence-corrected chi connectivity index (χ2v) is 5.95. The van der Waals surface area contributed by atoms with E-state index in [9.17, 15) is 5.11 Å². The number of hydrogen-bond acceptors (Lipinski definition) is 4. The maximum Gasteiger partial charge on any atom is 0.135 e. The van der Waals surface area contributed by atoms with Gasteiger partial charge in [-0.2, -0.15) is 0 Å². The third-order valence-electron chi connectivity index (χ3n) is 3.71. The lowest BCUT2D eigenvalue weighted by Crippen LogP contribution is -2.34. The monoisotopic (exact) mass is 283 g/mol. The van der Waals surface area contributed by atoms with Crippen LogP contribution in [-0.4, -0.2) is 27.7 Å². The lowest BCUT2D eigenvalue weighted by Gasteiger charge is -2.31. The number of hydrogen-bond donors (Lipinski definition) is 2. The summed E-state index contributed by atoms with van der Waals surface area (Å²) in [5.41, 5.74) is 0. The normalized spacial score (nSPS) is 23.6. The van der Waals surface area contributed by atoms with Crippen LogP contribution in [0.15, 0.2) is 6.07 Å². The van der Waals surface area contributed by atoms with Gasteiger partial charge in [0.15, 0.2) is 0 Å². The first-order valence-electron chi connectivity index (χ1n) is 7.02. The van der Waals surface area contributed by atoms with Gasteiger partial charge >= 0.3 is 0 Å². The van der Waals surface area contributed by atoms with Crippen LogP contribution in [0.5, 0.6) is 0 Å². The molecular weight excluding hydrogens is 262 g/mol. The molecule has 4 nitrogen and oxygen atoms in total. The first-order valence-corrected chi connectivity index (χ1v) is 7.40. The molecule has 0 saturated heterocycles. The fraction of sp³-hybridized carbons (Fsp3) is 0.714. The fourth-order valence-electron chi connectivity index (χ4n) is 2.57. The molecule has 0 amide bonds. The van der Waals surface area contributed by atoms with Crippen LogP contribution in [0.4, 0.5) is 5.82 Å². The number of halogens is 1. The minimum Gasteiger partial charge on any atom is -0.396 e. The fourth-order valence-corrected chi connectivity index (χ4v) is 2.76. The van der Waals surface area contributed by atoms with Crippen LogP contribution >= 0.6 is 11.6 Å². The highest BCUT2D eigenvalue weighted by atomic mass is 35.5. The highest BCUT2D eigenvalue weighted by molar-refractivity contribution is 6.29. The summed E-state index contributed by atoms with van der Waals surface area (Å²) in [6.07, 6.45) is 4.54. The summed E-state index contributed by atoms with van der Waals surface area (Å²) in [7, 11) is 0. The molecule has 2 unspecified atom stereocenters. The molecule has 19 heavy (non-hydrogen) atoms. The third kappa shape index (κ3) is 3.80. The Hall–Kier alpha value is -0.870. The van der Waals surface area contributed by atoms with E-state index in [1.807, 2.05) is 13.8 Å². The molecular formula is C14H22ClN3O. The zero-order valence-corrected chi connectivity index (χ0v) is 12.3. The van der Waals surface area contributed by atoms with E-state index >= 15 is 0 Å². The van der Waals surface area contributed by atoms with Crippen molar-refractivity contribution >= 4 is 17.4 Å². The van der Waals surface area contributed by atoms with Gasteiger partial charge in [0.05, 0.1) is 0 Å². The first kappa shape index (κ1) is 14.5. The highest BCUT2D eigenvalue weighted by Crippen LogP contribution is 2.27. The number of nitrogens with zero attached hydrogens (tertiary/aromatic N) is 2. The molecule has 1 aromatic heterocycles. The summed E-state index contributed by atoms with van der Waals surface area (Å²) in [6, 6.07) is 2.04. The van der Waals surface area contributed by atoms with Crippen LogP contribution in [0.1, 0.15) is 51.3 Å². The molecule has 1 saturated carbocycles. The van der Waals surface area contributed by atoms with E-state index in [0.717, 1.165) is 24.5 Å². The number of anilines is 1. The molecule has 2 atom stereocenters. The molecule has 1 aromatic rings. The van der Waals surface area contributed by atoms with E-state index in [0.29, 0.717) is 11.1 Å². The molecule has 106 valence electrons. The molecule has 0 spiro atoms. The van der Waals surface area contributed by atoms with Crippen molar-refractivity contribution in [1.29, 1.82) is 0 Å². The highest BCUT2D eigenvalue weighted by Gasteiger charge is 2.24. The summed E-state index contributed by atoms with van der Waals surface area (Å²) in [4.78, 5) is 8.74. The Labute approximate surface area is 119 Å². The van der Waals surface area contributed by atoms with E-state index in [1.54, 1.807) is 6.07 Å². The van der Waals surface area contributed by atoms with Gasteiger partial charge in [0.1, 0.15) is 16.8 Å². The van der Waals surface area contributed by atoms with Gasteiger partial charge in [-0.25, -0.2) is 9.97 Å². The second-order valence-electron chi connectivity index (χ2n) is 5.57. The zero-order chi connectivity index (χ0) is 13.8. The SMILES string of the molecule is CC(C)c1nc(Cl)cc(NC2CCCCC2CO)n1. The Bertz CT molecular complexity index is 425. The third-order valence-corrected chi connectivity index (χ3v) is 3.90. The summed E-state index contributed by atoms with van der Waals surface area (Å²) in [5.74, 6) is 2.09. The average molecular weight is 284 g/mol. The first-order chi connectivity index (χ1) is 9.10. The molecule has 0 aliphatic heterocycles. The van der Waals surface area contributed by atoms with Crippen LogP contribution in [0, 0.1) is 5.92 Å². The van der Waals surface area contributed by atoms with Crippen molar-refractivity contribution in [2.75, 3.05) is 11.9 Å². The molecule has 1 aliphatic rings. The lowest BCUT2D eigenvalue weighted by atomic mass is 9.85. The van der Waals surface area contributed by atoms with Crippen LogP contribution in [0.2, 0.25) is 5.15 Å². The summed E-state index contributed by atoms with van der Waals surface area (Å²) in [6.45, 7) is 4.33. The predicted octanol–water partition coefficient (Wildman–Crippen LogP) is 3.22. The van der Waals surface area contributed by atoms with Gasteiger partial charge in [-0.05, 0) is 12.8 Å². The van der Waals surface area contributed by atoms with Crippen molar-refractivity contribution in [2.45, 2.75) is 51.5 Å². The van der Waals surface area contributed by atoms with Gasteiger partial charge in [0.25, 0.3) is 0 Å². The van der Waals surface area contributed by atoms with Crippen molar-refractivity contribution in [3.05, 3.63) is 17.0 Å². The van der Waals surface area contributed by atoms with E-state index in [1.165, 1.54) is 12.8 Å². The predicted molar refractivity (Wildman–Crippen MR) is 77.6 cm³/mol. The van der Waals surface area contributed by atoms with Gasteiger partial charge in [-0.1, -0.05) is 38.3 Å². The largest absolute Gasteiger partial charge is 0.396 e. The Morgan fingerprint density at radius 2 is 2.11 bits per heavy atom. The number of nitrogens with one attached hydrogen (secondary N) is 1. The van der Waals surface area contributed by atoms with Crippen LogP contribution in [0.25, 0.3) is 0 Å². The van der Waals surface area contributed by atoms with Gasteiger partial charge in [0, 0.05) is 30.6 Å². The van der Waals surface area contributed by atoms with E-state index < -0.39 is 0 Å². The summed E-state index contributed by atoms with van der Waals surface area (Å²) < 4.78 is 0. The molecule has 0 bridgehead atoms. The maximum absolute atomic E-state index is 9.44. The molecule has 1 aliphatic carbocycles. The molecule has 0 aromatic carbocycles. The second kappa shape index (κ2) is 6.53. The van der Waals surface area contributed by atoms with Crippen LogP contribution < -0.4 is 5.32 Å². The zero-order valence-electron chi connectivity index (χ0n) is 11.6. The van der Waals surface area contributed by atoms with Crippen molar-refractivity contribution in [2.24, 2.45) is 5.92 Å². The van der Waals surface area contributed by atoms with Crippen molar-refractivity contribution < 1.29 is 5.11 Å². The topological polar surface area (TPSA) is 58.0 Å². The number of rotatable bonds is 4. The quantitative estimate of drug-likeness (QED) is 0.833. The average Bonchev–Trinajstić information content (AvgIpc) is 2.38. The Morgan fingerprint density at radius 3 is 2.79 bits per heavy atom. The lowest BCUT2D eigenvalue weighted by molar-refractivity contribution is 0.178. The molecule has 2 rings (SSSR count). The standard InChI is InChI=1S/C14H22ClN3O/c1-9(2)14-17-12(15)7-13(18-14)16-11-6-4-3-5-10(11)8-19/h7,9-11,19H,3-6,8H2,1-2H3,(H,16,17,18). The number of aromatic nitrogens is 2. The molecule has 0 radical (unpaired) electrons. The van der Waals surface area contributed by atoms with Gasteiger partial charge in [-0.15, -0.1) is 0 Å². The Balaban J connectivity index is 2.13. The van der Waals surface area contributed by atoms with Gasteiger partial charge in [0.2, 0.25) is 0 Å². The molecule has 2 N–H and O–H groups in total. The summed E-state index contributed by atoms with van der Waals surface area (Å²) >= 11 is 6.04. The molecule has 1 heterocycles. The van der Waals surface area contributed by atoms with E-state index in [2.05, 4.69) is 15.3 Å². The summed E-state index contributed by atoms with van der Waals surface area (Å²) in [5, 5.41) is 13.3. The minimum atomic E-state index is 0.230. The van der Waals surface area contributed by atoms with Crippen molar-refractivity contribution in [1.82, 2.24) is 9.97 Å². The smallest absolute Gasteiger partial charge is 0.135 e. The maximum atomic E-state index is 9.44. The molecule has 5 heteroatoms. The Morgan fingerprint density at radius 1 is 1.37 bits per heavy atom. The van der Waals surface area contributed by atoms with E-state index in [4.69, 9.17) is 11.6 Å². The van der Waals surface area contributed by atoms with Crippen LogP contribution in [0.3, 0.4) is 0 Å². The minimum absolute atomic E-state index is 0.230. The van der Waals surface area contributed by atoms with Crippen molar-refractivity contribution in [3.8, 4) is 0 Å². The van der Waals surface area contributed by atoms with Gasteiger partial charge in [-0.3, -0.25) is 0 Å². The van der Waals surface area contributed by atoms with Crippen LogP contribution in [-0.2, 0) is 0 Å². The van der Waals surface area contributed by atoms with E-state index in [-0.39, 0.29) is 18.6 Å². The van der Waals surface area contributed by atoms with Gasteiger partial charge < -0.3 is 10.4 Å².